The van der Waals surface area contributed by atoms with Gasteiger partial charge in [-0.15, -0.1) is 0 Å². The molecule has 26 heavy (non-hydrogen) atoms. The number of aryl methyl sites for hydroxylation is 1. The molecule has 4 rings (SSSR count). The number of ether oxygens (including phenoxy) is 1. The molecular weight excluding hydrogens is 359 g/mol. The SMILES string of the molecule is Cc1c(F)c2c3c(nc(=O)n(C)c3c1Cl)N1C(C)CN(C)CC1CCO2. The van der Waals surface area contributed by atoms with E-state index in [4.69, 9.17) is 16.3 Å². The Morgan fingerprint density at radius 2 is 2.04 bits per heavy atom. The van der Waals surface area contributed by atoms with Crippen LogP contribution in [0.5, 0.6) is 5.75 Å². The first-order valence-corrected chi connectivity index (χ1v) is 9.17. The second-order valence-electron chi connectivity index (χ2n) is 7.35. The van der Waals surface area contributed by atoms with Crippen LogP contribution in [-0.4, -0.2) is 53.3 Å². The molecule has 0 saturated carbocycles. The second kappa shape index (κ2) is 6.09. The van der Waals surface area contributed by atoms with E-state index < -0.39 is 11.5 Å². The van der Waals surface area contributed by atoms with Gasteiger partial charge in [0.1, 0.15) is 5.82 Å². The van der Waals surface area contributed by atoms with E-state index in [1.165, 1.54) is 4.57 Å². The number of fused-ring (bicyclic) bond motifs is 2. The zero-order valence-electron chi connectivity index (χ0n) is 15.3. The summed E-state index contributed by atoms with van der Waals surface area (Å²) in [7, 11) is 3.68. The van der Waals surface area contributed by atoms with Gasteiger partial charge < -0.3 is 14.5 Å². The average molecular weight is 381 g/mol. The van der Waals surface area contributed by atoms with Gasteiger partial charge in [0.2, 0.25) is 0 Å². The molecule has 0 amide bonds. The molecule has 0 spiro atoms. The van der Waals surface area contributed by atoms with E-state index in [-0.39, 0.29) is 28.4 Å². The minimum absolute atomic E-state index is 0.135. The molecule has 0 radical (unpaired) electrons. The fourth-order valence-electron chi connectivity index (χ4n) is 4.26. The highest BCUT2D eigenvalue weighted by atomic mass is 35.5. The van der Waals surface area contributed by atoms with Gasteiger partial charge in [-0.05, 0) is 20.9 Å². The molecule has 0 N–H and O–H groups in total. The van der Waals surface area contributed by atoms with Crippen LogP contribution in [0.4, 0.5) is 10.2 Å². The van der Waals surface area contributed by atoms with Crippen LogP contribution in [0.15, 0.2) is 4.79 Å². The number of hydrogen-bond acceptors (Lipinski definition) is 5. The molecule has 1 fully saturated rings. The van der Waals surface area contributed by atoms with Crippen molar-refractivity contribution in [1.82, 2.24) is 14.5 Å². The highest BCUT2D eigenvalue weighted by molar-refractivity contribution is 6.36. The minimum atomic E-state index is -0.482. The third-order valence-corrected chi connectivity index (χ3v) is 5.95. The van der Waals surface area contributed by atoms with Gasteiger partial charge in [-0.25, -0.2) is 9.18 Å². The molecule has 6 nitrogen and oxygen atoms in total. The lowest BCUT2D eigenvalue weighted by molar-refractivity contribution is 0.199. The van der Waals surface area contributed by atoms with E-state index in [1.54, 1.807) is 14.0 Å². The molecule has 2 aromatic rings. The number of likely N-dealkylation sites (N-methyl/N-ethyl adjacent to an activating group) is 1. The molecule has 1 aromatic carbocycles. The molecule has 1 aromatic heterocycles. The number of piperazine rings is 1. The van der Waals surface area contributed by atoms with Crippen LogP contribution < -0.4 is 15.3 Å². The van der Waals surface area contributed by atoms with Crippen molar-refractivity contribution < 1.29 is 9.13 Å². The summed E-state index contributed by atoms with van der Waals surface area (Å²) in [5.74, 6) is 0.137. The number of benzene rings is 1. The zero-order chi connectivity index (χ0) is 18.7. The molecule has 2 unspecified atom stereocenters. The molecule has 140 valence electrons. The Hall–Kier alpha value is -1.86. The lowest BCUT2D eigenvalue weighted by Crippen LogP contribution is -2.58. The third-order valence-electron chi connectivity index (χ3n) is 5.49. The fourth-order valence-corrected chi connectivity index (χ4v) is 4.57. The Kier molecular flexibility index (Phi) is 4.11. The average Bonchev–Trinajstić information content (AvgIpc) is 2.56. The third kappa shape index (κ3) is 2.41. The number of aromatic nitrogens is 2. The maximum atomic E-state index is 15.0. The van der Waals surface area contributed by atoms with Crippen LogP contribution in [0, 0.1) is 12.7 Å². The highest BCUT2D eigenvalue weighted by Crippen LogP contribution is 2.43. The van der Waals surface area contributed by atoms with Gasteiger partial charge in [-0.2, -0.15) is 4.98 Å². The van der Waals surface area contributed by atoms with E-state index >= 15 is 0 Å². The number of hydrogen-bond donors (Lipinski definition) is 0. The van der Waals surface area contributed by atoms with Crippen LogP contribution in [0.2, 0.25) is 5.02 Å². The lowest BCUT2D eigenvalue weighted by atomic mass is 10.0. The minimum Gasteiger partial charge on any atom is -0.490 e. The summed E-state index contributed by atoms with van der Waals surface area (Å²) >= 11 is 6.45. The Morgan fingerprint density at radius 3 is 2.77 bits per heavy atom. The summed E-state index contributed by atoms with van der Waals surface area (Å²) in [6.07, 6.45) is 0.730. The van der Waals surface area contributed by atoms with Crippen molar-refractivity contribution in [1.29, 1.82) is 0 Å². The Morgan fingerprint density at radius 1 is 1.31 bits per heavy atom. The first-order chi connectivity index (χ1) is 12.3. The number of nitrogens with zero attached hydrogens (tertiary/aromatic N) is 4. The number of halogens is 2. The normalized spacial score (nSPS) is 23.4. The zero-order valence-corrected chi connectivity index (χ0v) is 16.1. The number of rotatable bonds is 0. The smallest absolute Gasteiger partial charge is 0.349 e. The van der Waals surface area contributed by atoms with E-state index in [0.717, 1.165) is 19.5 Å². The van der Waals surface area contributed by atoms with Crippen molar-refractivity contribution in [3.05, 3.63) is 26.9 Å². The standard InChI is InChI=1S/C18H22ClFN4O2/c1-9-7-22(3)8-11-5-6-26-16-12-15(13(19)10(2)14(16)20)23(4)18(25)21-17(12)24(9)11/h9,11H,5-8H2,1-4H3. The highest BCUT2D eigenvalue weighted by Gasteiger charge is 2.36. The van der Waals surface area contributed by atoms with Crippen molar-refractivity contribution in [2.75, 3.05) is 31.6 Å². The van der Waals surface area contributed by atoms with Gasteiger partial charge in [0, 0.05) is 44.2 Å². The van der Waals surface area contributed by atoms with Gasteiger partial charge in [-0.1, -0.05) is 11.6 Å². The topological polar surface area (TPSA) is 50.6 Å². The summed E-state index contributed by atoms with van der Waals surface area (Å²) < 4.78 is 22.2. The molecule has 2 atom stereocenters. The van der Waals surface area contributed by atoms with Crippen molar-refractivity contribution >= 4 is 28.3 Å². The van der Waals surface area contributed by atoms with Crippen LogP contribution in [0.1, 0.15) is 18.9 Å². The summed E-state index contributed by atoms with van der Waals surface area (Å²) in [4.78, 5) is 21.3. The van der Waals surface area contributed by atoms with Gasteiger partial charge in [0.15, 0.2) is 11.6 Å². The Balaban J connectivity index is 2.12. The maximum Gasteiger partial charge on any atom is 0.349 e. The van der Waals surface area contributed by atoms with Crippen LogP contribution in [0.25, 0.3) is 10.9 Å². The summed E-state index contributed by atoms with van der Waals surface area (Å²) in [5.41, 5.74) is 0.351. The summed E-state index contributed by atoms with van der Waals surface area (Å²) in [6.45, 7) is 5.78. The van der Waals surface area contributed by atoms with E-state index in [2.05, 4.69) is 28.8 Å². The van der Waals surface area contributed by atoms with Gasteiger partial charge in [-0.3, -0.25) is 4.57 Å². The molecule has 0 aliphatic carbocycles. The monoisotopic (exact) mass is 380 g/mol. The van der Waals surface area contributed by atoms with Gasteiger partial charge >= 0.3 is 5.69 Å². The Labute approximate surface area is 156 Å². The fraction of sp³-hybridized carbons (Fsp3) is 0.556. The Bertz CT molecular complexity index is 961. The number of anilines is 1. The quantitative estimate of drug-likeness (QED) is 0.702. The second-order valence-corrected chi connectivity index (χ2v) is 7.73. The van der Waals surface area contributed by atoms with Crippen LogP contribution in [0.3, 0.4) is 0 Å². The lowest BCUT2D eigenvalue weighted by Gasteiger charge is -2.46. The van der Waals surface area contributed by atoms with Gasteiger partial charge in [0.05, 0.1) is 22.5 Å². The molecule has 1 saturated heterocycles. The molecule has 0 bridgehead atoms. The molecule has 3 heterocycles. The molecule has 8 heteroatoms. The predicted octanol–water partition coefficient (Wildman–Crippen LogP) is 2.33. The largest absolute Gasteiger partial charge is 0.490 e. The van der Waals surface area contributed by atoms with E-state index in [9.17, 15) is 9.18 Å². The maximum absolute atomic E-state index is 15.0. The first kappa shape index (κ1) is 17.5. The van der Waals surface area contributed by atoms with Crippen LogP contribution in [-0.2, 0) is 7.05 Å². The first-order valence-electron chi connectivity index (χ1n) is 8.79. The molecule has 2 aliphatic heterocycles. The summed E-state index contributed by atoms with van der Waals surface area (Å²) in [5, 5.41) is 0.716. The van der Waals surface area contributed by atoms with Crippen molar-refractivity contribution in [3.8, 4) is 5.75 Å². The summed E-state index contributed by atoms with van der Waals surface area (Å²) in [6, 6.07) is 0.276. The van der Waals surface area contributed by atoms with Crippen molar-refractivity contribution in [2.24, 2.45) is 7.05 Å². The van der Waals surface area contributed by atoms with Gasteiger partial charge in [0.25, 0.3) is 0 Å². The molecular formula is C18H22ClFN4O2. The predicted molar refractivity (Wildman–Crippen MR) is 100 cm³/mol. The van der Waals surface area contributed by atoms with Crippen molar-refractivity contribution in [2.45, 2.75) is 32.4 Å². The van der Waals surface area contributed by atoms with Crippen LogP contribution >= 0.6 is 11.6 Å². The van der Waals surface area contributed by atoms with Crippen molar-refractivity contribution in [3.63, 3.8) is 0 Å². The van der Waals surface area contributed by atoms with E-state index in [0.29, 0.717) is 23.3 Å². The van der Waals surface area contributed by atoms with E-state index in [1.807, 2.05) is 0 Å². The molecule has 2 aliphatic rings.